The molecule has 0 fully saturated rings. The number of aliphatic carboxylic acids is 1. The predicted octanol–water partition coefficient (Wildman–Crippen LogP) is 12.9. The van der Waals surface area contributed by atoms with Crippen LogP contribution in [-0.4, -0.2) is 75.5 Å². The van der Waals surface area contributed by atoms with E-state index in [1.54, 1.807) is 21.1 Å². The van der Waals surface area contributed by atoms with Crippen LogP contribution >= 0.6 is 0 Å². The summed E-state index contributed by atoms with van der Waals surface area (Å²) in [6, 6.07) is -0.733. The Labute approximate surface area is 370 Å². The van der Waals surface area contributed by atoms with E-state index in [0.717, 1.165) is 38.5 Å². The minimum atomic E-state index is -1.13. The summed E-state index contributed by atoms with van der Waals surface area (Å²) in [7, 11) is 5.40. The minimum Gasteiger partial charge on any atom is -0.544 e. The first-order chi connectivity index (χ1) is 29.1. The lowest BCUT2D eigenvalue weighted by Gasteiger charge is -2.34. The summed E-state index contributed by atoms with van der Waals surface area (Å²) in [6.07, 6.45) is 50.4. The van der Waals surface area contributed by atoms with Crippen molar-refractivity contribution in [2.75, 3.05) is 41.0 Å². The molecule has 0 spiro atoms. The van der Waals surface area contributed by atoms with E-state index in [1.807, 2.05) is 0 Å². The molecule has 0 aromatic heterocycles. The van der Waals surface area contributed by atoms with Crippen LogP contribution in [0, 0.1) is 0 Å². The number of hydrogen-bond acceptors (Lipinski definition) is 7. The Bertz CT molecular complexity index is 1080. The molecule has 0 aliphatic carbocycles. The molecule has 8 heteroatoms. The van der Waals surface area contributed by atoms with E-state index in [0.29, 0.717) is 12.8 Å². The summed E-state index contributed by atoms with van der Waals surface area (Å²) in [4.78, 5) is 37.0. The molecule has 60 heavy (non-hydrogen) atoms. The van der Waals surface area contributed by atoms with Crippen LogP contribution in [0.5, 0.6) is 0 Å². The van der Waals surface area contributed by atoms with E-state index in [-0.39, 0.29) is 49.1 Å². The van der Waals surface area contributed by atoms with Crippen molar-refractivity contribution >= 4 is 17.9 Å². The van der Waals surface area contributed by atoms with Crippen LogP contribution < -0.4 is 5.11 Å². The molecular formula is C52H95NO7. The largest absolute Gasteiger partial charge is 0.544 e. The number of quaternary nitrogens is 1. The molecule has 0 heterocycles. The van der Waals surface area contributed by atoms with Crippen LogP contribution in [0.4, 0.5) is 0 Å². The highest BCUT2D eigenvalue weighted by Gasteiger charge is 2.25. The second-order valence-corrected chi connectivity index (χ2v) is 18.1. The first-order valence-electron chi connectivity index (χ1n) is 25.0. The molecule has 2 unspecified atom stereocenters. The maximum atomic E-state index is 12.7. The molecule has 0 saturated carbocycles. The standard InChI is InChI=1S/C52H95NO7/c1-6-8-10-12-14-16-18-20-22-24-25-27-28-30-32-34-36-38-40-42-50(54)59-47-48(46-58-45-44-49(52(56)57)53(3,4)5)60-51(55)43-41-39-37-35-33-31-29-26-23-21-19-17-15-13-11-9-7-2/h21,23,29,31,35,37,48-49H,6-20,22,24-28,30,32-34,36,38-47H2,1-5H3/b23-21+,31-29+,37-35+. The molecule has 350 valence electrons. The lowest BCUT2D eigenvalue weighted by Crippen LogP contribution is -2.55. The van der Waals surface area contributed by atoms with Crippen molar-refractivity contribution in [2.45, 2.75) is 238 Å². The van der Waals surface area contributed by atoms with Gasteiger partial charge in [-0.05, 0) is 44.9 Å². The Balaban J connectivity index is 4.31. The number of esters is 2. The van der Waals surface area contributed by atoms with Gasteiger partial charge in [-0.25, -0.2) is 0 Å². The summed E-state index contributed by atoms with van der Waals surface area (Å²) < 4.78 is 17.2. The summed E-state index contributed by atoms with van der Waals surface area (Å²) in [5.41, 5.74) is 0. The Morgan fingerprint density at radius 1 is 0.500 bits per heavy atom. The molecule has 0 aliphatic heterocycles. The molecule has 0 saturated heterocycles. The Kier molecular flexibility index (Phi) is 41.4. The number of allylic oxidation sites excluding steroid dienone is 6. The number of unbranched alkanes of at least 4 members (excludes halogenated alkanes) is 25. The zero-order valence-corrected chi connectivity index (χ0v) is 39.9. The molecule has 0 aromatic carbocycles. The highest BCUT2D eigenvalue weighted by Crippen LogP contribution is 2.16. The van der Waals surface area contributed by atoms with Crippen molar-refractivity contribution in [1.29, 1.82) is 0 Å². The highest BCUT2D eigenvalue weighted by atomic mass is 16.6. The van der Waals surface area contributed by atoms with Crippen molar-refractivity contribution in [2.24, 2.45) is 0 Å². The minimum absolute atomic E-state index is 0.0235. The maximum absolute atomic E-state index is 12.7. The van der Waals surface area contributed by atoms with Crippen molar-refractivity contribution < 1.29 is 38.2 Å². The van der Waals surface area contributed by atoms with Gasteiger partial charge in [0.1, 0.15) is 12.6 Å². The third kappa shape index (κ3) is 40.9. The average Bonchev–Trinajstić information content (AvgIpc) is 3.21. The Morgan fingerprint density at radius 3 is 1.35 bits per heavy atom. The molecule has 0 rings (SSSR count). The van der Waals surface area contributed by atoms with Crippen LogP contribution in [0.3, 0.4) is 0 Å². The van der Waals surface area contributed by atoms with Gasteiger partial charge in [0, 0.05) is 19.3 Å². The van der Waals surface area contributed by atoms with Crippen LogP contribution in [0.2, 0.25) is 0 Å². The molecule has 8 nitrogen and oxygen atoms in total. The second kappa shape index (κ2) is 43.2. The van der Waals surface area contributed by atoms with E-state index in [2.05, 4.69) is 50.3 Å². The number of carbonyl (C=O) groups excluding carboxylic acids is 3. The van der Waals surface area contributed by atoms with Gasteiger partial charge in [-0.2, -0.15) is 0 Å². The van der Waals surface area contributed by atoms with Crippen molar-refractivity contribution in [1.82, 2.24) is 0 Å². The number of hydrogen-bond donors (Lipinski definition) is 0. The van der Waals surface area contributed by atoms with Crippen LogP contribution in [0.15, 0.2) is 36.5 Å². The molecule has 0 amide bonds. The average molecular weight is 846 g/mol. The molecule has 0 aliphatic rings. The van der Waals surface area contributed by atoms with Gasteiger partial charge in [0.25, 0.3) is 0 Å². The predicted molar refractivity (Wildman–Crippen MR) is 250 cm³/mol. The van der Waals surface area contributed by atoms with E-state index < -0.39 is 18.1 Å². The molecule has 2 atom stereocenters. The van der Waals surface area contributed by atoms with Crippen LogP contribution in [0.25, 0.3) is 0 Å². The van der Waals surface area contributed by atoms with Gasteiger partial charge in [-0.3, -0.25) is 9.59 Å². The molecule has 0 N–H and O–H groups in total. The fraction of sp³-hybridized carbons (Fsp3) is 0.827. The Hall–Kier alpha value is -2.45. The number of carboxylic acids is 1. The number of carbonyl (C=O) groups is 3. The number of ether oxygens (including phenoxy) is 3. The van der Waals surface area contributed by atoms with Crippen molar-refractivity contribution in [3.63, 3.8) is 0 Å². The van der Waals surface area contributed by atoms with Crippen LogP contribution in [-0.2, 0) is 28.6 Å². The number of nitrogens with zero attached hydrogens (tertiary/aromatic N) is 1. The fourth-order valence-corrected chi connectivity index (χ4v) is 7.38. The lowest BCUT2D eigenvalue weighted by molar-refractivity contribution is -0.889. The van der Waals surface area contributed by atoms with Gasteiger partial charge in [0.15, 0.2) is 6.10 Å². The van der Waals surface area contributed by atoms with Gasteiger partial charge in [0.05, 0.1) is 40.3 Å². The third-order valence-electron chi connectivity index (χ3n) is 11.3. The summed E-state index contributed by atoms with van der Waals surface area (Å²) in [5.74, 6) is -1.79. The number of carboxylic acid groups (broad SMARTS) is 1. The quantitative estimate of drug-likeness (QED) is 0.0260. The zero-order chi connectivity index (χ0) is 44.2. The number of likely N-dealkylation sites (N-methyl/N-ethyl adjacent to an activating group) is 1. The highest BCUT2D eigenvalue weighted by molar-refractivity contribution is 5.70. The van der Waals surface area contributed by atoms with Gasteiger partial charge < -0.3 is 28.6 Å². The van der Waals surface area contributed by atoms with Gasteiger partial charge in [-0.1, -0.05) is 198 Å². The number of rotatable bonds is 45. The SMILES string of the molecule is CCCCCCCC/C=C/C/C=C/C/C=C/CCCC(=O)OC(COCCC(C(=O)[O-])[N+](C)(C)C)COC(=O)CCCCCCCCCCCCCCCCCCCCC. The van der Waals surface area contributed by atoms with Gasteiger partial charge >= 0.3 is 11.9 Å². The first kappa shape index (κ1) is 57.5. The Morgan fingerprint density at radius 2 is 0.900 bits per heavy atom. The molecule has 0 bridgehead atoms. The summed E-state index contributed by atoms with van der Waals surface area (Å²) >= 11 is 0. The smallest absolute Gasteiger partial charge is 0.306 e. The van der Waals surface area contributed by atoms with E-state index in [9.17, 15) is 19.5 Å². The summed E-state index contributed by atoms with van der Waals surface area (Å²) in [5, 5.41) is 11.6. The first-order valence-corrected chi connectivity index (χ1v) is 25.0. The van der Waals surface area contributed by atoms with Crippen molar-refractivity contribution in [3.8, 4) is 0 Å². The maximum Gasteiger partial charge on any atom is 0.306 e. The molecule has 0 radical (unpaired) electrons. The van der Waals surface area contributed by atoms with E-state index >= 15 is 0 Å². The summed E-state index contributed by atoms with van der Waals surface area (Å²) in [6.45, 7) is 4.63. The van der Waals surface area contributed by atoms with Gasteiger partial charge in [-0.15, -0.1) is 0 Å². The zero-order valence-electron chi connectivity index (χ0n) is 39.9. The van der Waals surface area contributed by atoms with Crippen molar-refractivity contribution in [3.05, 3.63) is 36.5 Å². The fourth-order valence-electron chi connectivity index (χ4n) is 7.38. The normalized spacial score (nSPS) is 13.2. The molecule has 0 aromatic rings. The second-order valence-electron chi connectivity index (χ2n) is 18.1. The van der Waals surface area contributed by atoms with E-state index in [4.69, 9.17) is 14.2 Å². The third-order valence-corrected chi connectivity index (χ3v) is 11.3. The monoisotopic (exact) mass is 846 g/mol. The van der Waals surface area contributed by atoms with Gasteiger partial charge in [0.2, 0.25) is 0 Å². The lowest BCUT2D eigenvalue weighted by atomic mass is 10.0. The van der Waals surface area contributed by atoms with E-state index in [1.165, 1.54) is 148 Å². The topological polar surface area (TPSA) is 102 Å². The molecular weight excluding hydrogens is 751 g/mol. The van der Waals surface area contributed by atoms with Crippen LogP contribution in [0.1, 0.15) is 226 Å².